The number of hydrogen-bond donors (Lipinski definition) is 1. The van der Waals surface area contributed by atoms with Crippen molar-refractivity contribution in [3.05, 3.63) is 59.4 Å². The van der Waals surface area contributed by atoms with E-state index in [1.165, 1.54) is 11.1 Å². The Morgan fingerprint density at radius 1 is 1.04 bits per heavy atom. The van der Waals surface area contributed by atoms with Gasteiger partial charge in [0.05, 0.1) is 6.54 Å². The molecular weight excluding hydrogens is 312 g/mol. The minimum Gasteiger partial charge on any atom is -0.325 e. The molecule has 1 aromatic carbocycles. The van der Waals surface area contributed by atoms with Gasteiger partial charge in [-0.15, -0.1) is 0 Å². The van der Waals surface area contributed by atoms with Crippen molar-refractivity contribution in [2.75, 3.05) is 38.0 Å². The van der Waals surface area contributed by atoms with Crippen LogP contribution in [0.15, 0.2) is 42.6 Å². The third-order valence-electron chi connectivity index (χ3n) is 4.68. The minimum absolute atomic E-state index is 0.0559. The quantitative estimate of drug-likeness (QED) is 0.910. The summed E-state index contributed by atoms with van der Waals surface area (Å²) in [5.41, 5.74) is 4.44. The van der Waals surface area contributed by atoms with Gasteiger partial charge in [-0.05, 0) is 37.6 Å². The number of carbonyl (C=O) groups excluding carboxylic acids is 1. The monoisotopic (exact) mass is 338 g/mol. The molecule has 1 aromatic heterocycles. The molecule has 3 rings (SSSR count). The van der Waals surface area contributed by atoms with E-state index in [2.05, 4.69) is 33.1 Å². The Balaban J connectivity index is 1.43. The average molecular weight is 338 g/mol. The molecule has 1 amide bonds. The fourth-order valence-corrected chi connectivity index (χ4v) is 3.07. The topological polar surface area (TPSA) is 48.5 Å². The van der Waals surface area contributed by atoms with Gasteiger partial charge in [-0.25, -0.2) is 0 Å². The molecule has 1 fully saturated rings. The van der Waals surface area contributed by atoms with E-state index >= 15 is 0 Å². The molecule has 25 heavy (non-hydrogen) atoms. The highest BCUT2D eigenvalue weighted by Crippen LogP contribution is 2.12. The maximum atomic E-state index is 12.2. The van der Waals surface area contributed by atoms with E-state index in [-0.39, 0.29) is 5.91 Å². The van der Waals surface area contributed by atoms with Crippen LogP contribution in [-0.4, -0.2) is 53.4 Å². The lowest BCUT2D eigenvalue weighted by molar-refractivity contribution is -0.117. The van der Waals surface area contributed by atoms with E-state index in [4.69, 9.17) is 0 Å². The number of carbonyl (C=O) groups is 1. The van der Waals surface area contributed by atoms with E-state index in [1.54, 1.807) is 0 Å². The fourth-order valence-electron chi connectivity index (χ4n) is 3.07. The Morgan fingerprint density at radius 2 is 1.72 bits per heavy atom. The molecule has 0 spiro atoms. The van der Waals surface area contributed by atoms with Gasteiger partial charge in [0, 0.05) is 50.3 Å². The summed E-state index contributed by atoms with van der Waals surface area (Å²) in [6.07, 6.45) is 1.84. The fraction of sp³-hybridized carbons (Fsp3) is 0.400. The number of nitrogens with zero attached hydrogens (tertiary/aromatic N) is 3. The number of pyridine rings is 1. The number of piperazine rings is 1. The first-order chi connectivity index (χ1) is 12.1. The number of hydrogen-bond acceptors (Lipinski definition) is 4. The second-order valence-electron chi connectivity index (χ2n) is 6.71. The molecule has 5 nitrogen and oxygen atoms in total. The molecule has 1 aliphatic rings. The van der Waals surface area contributed by atoms with Crippen molar-refractivity contribution in [3.63, 3.8) is 0 Å². The Labute approximate surface area is 149 Å². The lowest BCUT2D eigenvalue weighted by Gasteiger charge is -2.34. The van der Waals surface area contributed by atoms with Gasteiger partial charge in [-0.2, -0.15) is 0 Å². The van der Waals surface area contributed by atoms with Gasteiger partial charge in [0.2, 0.25) is 5.91 Å². The standard InChI is InChI=1S/C20H26N4O/c1-16-5-7-19(8-6-16)22-20(25)15-24-12-10-23(11-13-24)14-18-4-3-9-21-17(18)2/h3-9H,10-15H2,1-2H3,(H,22,25). The summed E-state index contributed by atoms with van der Waals surface area (Å²) in [4.78, 5) is 21.2. The third kappa shape index (κ3) is 5.11. The van der Waals surface area contributed by atoms with Crippen LogP contribution in [0.2, 0.25) is 0 Å². The van der Waals surface area contributed by atoms with Gasteiger partial charge in [0.1, 0.15) is 0 Å². The number of rotatable bonds is 5. The number of amides is 1. The molecular formula is C20H26N4O. The van der Waals surface area contributed by atoms with E-state index in [9.17, 15) is 4.79 Å². The first kappa shape index (κ1) is 17.6. The van der Waals surface area contributed by atoms with Crippen LogP contribution in [0.25, 0.3) is 0 Å². The van der Waals surface area contributed by atoms with Crippen LogP contribution in [0.3, 0.4) is 0 Å². The normalized spacial score (nSPS) is 15.9. The molecule has 0 radical (unpaired) electrons. The Bertz CT molecular complexity index is 706. The largest absolute Gasteiger partial charge is 0.325 e. The van der Waals surface area contributed by atoms with Crippen LogP contribution in [0, 0.1) is 13.8 Å². The van der Waals surface area contributed by atoms with Crippen LogP contribution in [0.4, 0.5) is 5.69 Å². The summed E-state index contributed by atoms with van der Waals surface area (Å²) in [6, 6.07) is 12.0. The number of aryl methyl sites for hydroxylation is 2. The molecule has 1 N–H and O–H groups in total. The van der Waals surface area contributed by atoms with Gasteiger partial charge >= 0.3 is 0 Å². The summed E-state index contributed by atoms with van der Waals surface area (Å²) >= 11 is 0. The van der Waals surface area contributed by atoms with Gasteiger partial charge < -0.3 is 5.32 Å². The van der Waals surface area contributed by atoms with Crippen molar-refractivity contribution in [1.82, 2.24) is 14.8 Å². The molecule has 1 saturated heterocycles. The molecule has 2 heterocycles. The molecule has 0 aliphatic carbocycles. The summed E-state index contributed by atoms with van der Waals surface area (Å²) < 4.78 is 0. The zero-order valence-electron chi connectivity index (χ0n) is 15.0. The predicted octanol–water partition coefficient (Wildman–Crippen LogP) is 2.45. The number of nitrogens with one attached hydrogen (secondary N) is 1. The van der Waals surface area contributed by atoms with Crippen LogP contribution < -0.4 is 5.32 Å². The molecule has 5 heteroatoms. The summed E-state index contributed by atoms with van der Waals surface area (Å²) in [5.74, 6) is 0.0559. The minimum atomic E-state index is 0.0559. The van der Waals surface area contributed by atoms with Crippen molar-refractivity contribution in [3.8, 4) is 0 Å². The van der Waals surface area contributed by atoms with Crippen molar-refractivity contribution in [2.24, 2.45) is 0 Å². The van der Waals surface area contributed by atoms with E-state index in [1.807, 2.05) is 43.5 Å². The lowest BCUT2D eigenvalue weighted by atomic mass is 10.2. The van der Waals surface area contributed by atoms with Crippen molar-refractivity contribution in [1.29, 1.82) is 0 Å². The second kappa shape index (κ2) is 8.23. The summed E-state index contributed by atoms with van der Waals surface area (Å²) in [6.45, 7) is 9.27. The van der Waals surface area contributed by atoms with Crippen molar-refractivity contribution >= 4 is 11.6 Å². The number of anilines is 1. The molecule has 1 aliphatic heterocycles. The average Bonchev–Trinajstić information content (AvgIpc) is 2.61. The zero-order chi connectivity index (χ0) is 17.6. The molecule has 132 valence electrons. The molecule has 2 aromatic rings. The highest BCUT2D eigenvalue weighted by atomic mass is 16.2. The van der Waals surface area contributed by atoms with Crippen LogP contribution in [-0.2, 0) is 11.3 Å². The number of aromatic nitrogens is 1. The smallest absolute Gasteiger partial charge is 0.238 e. The Hall–Kier alpha value is -2.24. The zero-order valence-corrected chi connectivity index (χ0v) is 15.0. The van der Waals surface area contributed by atoms with Crippen LogP contribution in [0.1, 0.15) is 16.8 Å². The lowest BCUT2D eigenvalue weighted by Crippen LogP contribution is -2.48. The van der Waals surface area contributed by atoms with E-state index < -0.39 is 0 Å². The van der Waals surface area contributed by atoms with Crippen molar-refractivity contribution in [2.45, 2.75) is 20.4 Å². The van der Waals surface area contributed by atoms with Crippen LogP contribution >= 0.6 is 0 Å². The van der Waals surface area contributed by atoms with Gasteiger partial charge in [0.25, 0.3) is 0 Å². The van der Waals surface area contributed by atoms with Gasteiger partial charge in [-0.3, -0.25) is 19.6 Å². The van der Waals surface area contributed by atoms with E-state index in [0.717, 1.165) is 44.1 Å². The highest BCUT2D eigenvalue weighted by molar-refractivity contribution is 5.92. The van der Waals surface area contributed by atoms with E-state index in [0.29, 0.717) is 6.54 Å². The summed E-state index contributed by atoms with van der Waals surface area (Å²) in [7, 11) is 0. The van der Waals surface area contributed by atoms with Gasteiger partial charge in [-0.1, -0.05) is 23.8 Å². The van der Waals surface area contributed by atoms with Gasteiger partial charge in [0.15, 0.2) is 0 Å². The maximum Gasteiger partial charge on any atom is 0.238 e. The third-order valence-corrected chi connectivity index (χ3v) is 4.68. The maximum absolute atomic E-state index is 12.2. The molecule has 0 atom stereocenters. The molecule has 0 saturated carbocycles. The molecule has 0 unspecified atom stereocenters. The number of benzene rings is 1. The first-order valence-electron chi connectivity index (χ1n) is 8.82. The summed E-state index contributed by atoms with van der Waals surface area (Å²) in [5, 5.41) is 2.97. The highest BCUT2D eigenvalue weighted by Gasteiger charge is 2.19. The Morgan fingerprint density at radius 3 is 2.40 bits per heavy atom. The first-order valence-corrected chi connectivity index (χ1v) is 8.82. The predicted molar refractivity (Wildman–Crippen MR) is 100 cm³/mol. The van der Waals surface area contributed by atoms with Crippen LogP contribution in [0.5, 0.6) is 0 Å². The second-order valence-corrected chi connectivity index (χ2v) is 6.71. The Kier molecular flexibility index (Phi) is 5.79. The van der Waals surface area contributed by atoms with Crippen molar-refractivity contribution < 1.29 is 4.79 Å². The SMILES string of the molecule is Cc1ccc(NC(=O)CN2CCN(Cc3cccnc3C)CC2)cc1. The molecule has 0 bridgehead atoms.